The van der Waals surface area contributed by atoms with Crippen LogP contribution in [0.2, 0.25) is 0 Å². The molecule has 2 nitrogen and oxygen atoms in total. The topological polar surface area (TPSA) is 37.3 Å². The molecule has 2 heteroatoms. The highest BCUT2D eigenvalue weighted by atomic mass is 16.3. The Balaban J connectivity index is 2.33. The van der Waals surface area contributed by atoms with Crippen LogP contribution in [0.25, 0.3) is 0 Å². The van der Waals surface area contributed by atoms with Crippen LogP contribution in [0.1, 0.15) is 19.3 Å². The number of carbonyl (C=O) groups is 1. The number of rotatable bonds is 0. The molecule has 2 rings (SSSR count). The molecule has 11 heavy (non-hydrogen) atoms. The highest BCUT2D eigenvalue weighted by Crippen LogP contribution is 2.30. The van der Waals surface area contributed by atoms with Gasteiger partial charge in [0.15, 0.2) is 5.78 Å². The molecule has 0 radical (unpaired) electrons. The van der Waals surface area contributed by atoms with Crippen LogP contribution >= 0.6 is 0 Å². The Labute approximate surface area is 65.2 Å². The first kappa shape index (κ1) is 6.80. The standard InChI is InChI=1S/C9H10O2/c10-7-3-1-6-2-4-9(11)8(6)5-7/h1,3,7,10H,2,4-5H2. The van der Waals surface area contributed by atoms with Gasteiger partial charge in [0.2, 0.25) is 0 Å². The quantitative estimate of drug-likeness (QED) is 0.558. The number of ketones is 1. The van der Waals surface area contributed by atoms with Gasteiger partial charge < -0.3 is 5.11 Å². The summed E-state index contributed by atoms with van der Waals surface area (Å²) < 4.78 is 0. The number of carbonyl (C=O) groups excluding carboxylic acids is 1. The van der Waals surface area contributed by atoms with Gasteiger partial charge in [0.05, 0.1) is 6.10 Å². The van der Waals surface area contributed by atoms with Crippen molar-refractivity contribution >= 4 is 5.78 Å². The second kappa shape index (κ2) is 2.31. The number of hydrogen-bond acceptors (Lipinski definition) is 2. The van der Waals surface area contributed by atoms with Gasteiger partial charge in [-0.25, -0.2) is 0 Å². The Hall–Kier alpha value is -0.890. The number of aliphatic hydroxyl groups excluding tert-OH is 1. The summed E-state index contributed by atoms with van der Waals surface area (Å²) in [6.45, 7) is 0. The van der Waals surface area contributed by atoms with Crippen molar-refractivity contribution in [3.63, 3.8) is 0 Å². The van der Waals surface area contributed by atoms with Crippen LogP contribution in [0.15, 0.2) is 23.3 Å². The largest absolute Gasteiger partial charge is 0.389 e. The number of allylic oxidation sites excluding steroid dienone is 2. The SMILES string of the molecule is O=C1CCC2=C1CC(O)C=C2. The summed E-state index contributed by atoms with van der Waals surface area (Å²) in [6, 6.07) is 0. The molecular formula is C9H10O2. The number of Topliss-reactive ketones (excluding diaryl/α,β-unsaturated/α-hetero) is 1. The minimum absolute atomic E-state index is 0.225. The molecule has 58 valence electrons. The molecule has 0 heterocycles. The highest BCUT2D eigenvalue weighted by molar-refractivity contribution is 5.99. The summed E-state index contributed by atoms with van der Waals surface area (Å²) in [6.07, 6.45) is 5.26. The van der Waals surface area contributed by atoms with Gasteiger partial charge in [-0.15, -0.1) is 0 Å². The Morgan fingerprint density at radius 3 is 3.09 bits per heavy atom. The maximum Gasteiger partial charge on any atom is 0.159 e. The lowest BCUT2D eigenvalue weighted by Crippen LogP contribution is -2.10. The van der Waals surface area contributed by atoms with E-state index >= 15 is 0 Å². The van der Waals surface area contributed by atoms with E-state index in [9.17, 15) is 9.90 Å². The molecule has 0 aliphatic heterocycles. The molecule has 0 aromatic carbocycles. The summed E-state index contributed by atoms with van der Waals surface area (Å²) >= 11 is 0. The third-order valence-electron chi connectivity index (χ3n) is 2.28. The lowest BCUT2D eigenvalue weighted by Gasteiger charge is -2.11. The van der Waals surface area contributed by atoms with E-state index in [1.807, 2.05) is 6.08 Å². The van der Waals surface area contributed by atoms with Crippen LogP contribution in [-0.2, 0) is 4.79 Å². The Morgan fingerprint density at radius 1 is 1.45 bits per heavy atom. The molecule has 0 saturated heterocycles. The van der Waals surface area contributed by atoms with Crippen molar-refractivity contribution in [1.29, 1.82) is 0 Å². The summed E-state index contributed by atoms with van der Waals surface area (Å²) in [5.41, 5.74) is 2.00. The molecule has 0 spiro atoms. The van der Waals surface area contributed by atoms with Crippen LogP contribution in [0.4, 0.5) is 0 Å². The maximum absolute atomic E-state index is 11.2. The highest BCUT2D eigenvalue weighted by Gasteiger charge is 2.25. The van der Waals surface area contributed by atoms with Crippen molar-refractivity contribution in [3.05, 3.63) is 23.3 Å². The molecule has 0 fully saturated rings. The Kier molecular flexibility index (Phi) is 1.43. The van der Waals surface area contributed by atoms with Crippen LogP contribution in [0.5, 0.6) is 0 Å². The average molecular weight is 150 g/mol. The van der Waals surface area contributed by atoms with E-state index in [1.54, 1.807) is 6.08 Å². The fourth-order valence-corrected chi connectivity index (χ4v) is 1.66. The average Bonchev–Trinajstić information content (AvgIpc) is 2.33. The molecule has 1 atom stereocenters. The lowest BCUT2D eigenvalue weighted by atomic mass is 9.98. The van der Waals surface area contributed by atoms with E-state index in [0.29, 0.717) is 12.8 Å². The monoisotopic (exact) mass is 150 g/mol. The van der Waals surface area contributed by atoms with Crippen molar-refractivity contribution in [2.24, 2.45) is 0 Å². The summed E-state index contributed by atoms with van der Waals surface area (Å²) in [5.74, 6) is 0.225. The molecule has 0 aromatic rings. The summed E-state index contributed by atoms with van der Waals surface area (Å²) in [4.78, 5) is 11.2. The second-order valence-electron chi connectivity index (χ2n) is 3.06. The molecule has 0 bridgehead atoms. The first-order chi connectivity index (χ1) is 5.27. The molecule has 0 amide bonds. The van der Waals surface area contributed by atoms with Crippen molar-refractivity contribution < 1.29 is 9.90 Å². The van der Waals surface area contributed by atoms with E-state index in [0.717, 1.165) is 17.6 Å². The third kappa shape index (κ3) is 1.03. The van der Waals surface area contributed by atoms with E-state index in [-0.39, 0.29) is 5.78 Å². The Bertz CT molecular complexity index is 261. The van der Waals surface area contributed by atoms with E-state index in [4.69, 9.17) is 0 Å². The van der Waals surface area contributed by atoms with Crippen LogP contribution < -0.4 is 0 Å². The molecule has 2 aliphatic carbocycles. The second-order valence-corrected chi connectivity index (χ2v) is 3.06. The Morgan fingerprint density at radius 2 is 2.27 bits per heavy atom. The lowest BCUT2D eigenvalue weighted by molar-refractivity contribution is -0.115. The fourth-order valence-electron chi connectivity index (χ4n) is 1.66. The molecule has 1 unspecified atom stereocenters. The first-order valence-electron chi connectivity index (χ1n) is 3.89. The summed E-state index contributed by atoms with van der Waals surface area (Å²) in [5, 5.41) is 9.20. The molecule has 1 N–H and O–H groups in total. The normalized spacial score (nSPS) is 29.5. The van der Waals surface area contributed by atoms with Crippen LogP contribution in [0, 0.1) is 0 Å². The van der Waals surface area contributed by atoms with Gasteiger partial charge in [-0.05, 0) is 12.0 Å². The predicted molar refractivity (Wildman–Crippen MR) is 41.0 cm³/mol. The zero-order valence-electron chi connectivity index (χ0n) is 6.21. The zero-order chi connectivity index (χ0) is 7.84. The van der Waals surface area contributed by atoms with E-state index in [1.165, 1.54) is 0 Å². The van der Waals surface area contributed by atoms with Crippen LogP contribution in [-0.4, -0.2) is 17.0 Å². The van der Waals surface area contributed by atoms with Crippen molar-refractivity contribution in [2.75, 3.05) is 0 Å². The zero-order valence-corrected chi connectivity index (χ0v) is 6.21. The molecule has 0 saturated carbocycles. The van der Waals surface area contributed by atoms with Gasteiger partial charge in [-0.1, -0.05) is 12.2 Å². The van der Waals surface area contributed by atoms with Gasteiger partial charge in [-0.3, -0.25) is 4.79 Å². The van der Waals surface area contributed by atoms with Gasteiger partial charge in [0.1, 0.15) is 0 Å². The van der Waals surface area contributed by atoms with E-state index < -0.39 is 6.10 Å². The molecule has 0 aromatic heterocycles. The number of aliphatic hydroxyl groups is 1. The number of hydrogen-bond donors (Lipinski definition) is 1. The molecular weight excluding hydrogens is 140 g/mol. The van der Waals surface area contributed by atoms with Gasteiger partial charge in [0, 0.05) is 18.4 Å². The fraction of sp³-hybridized carbons (Fsp3) is 0.444. The predicted octanol–water partition coefficient (Wildman–Crippen LogP) is 0.967. The van der Waals surface area contributed by atoms with Crippen molar-refractivity contribution in [1.82, 2.24) is 0 Å². The van der Waals surface area contributed by atoms with E-state index in [2.05, 4.69) is 0 Å². The summed E-state index contributed by atoms with van der Waals surface area (Å²) in [7, 11) is 0. The van der Waals surface area contributed by atoms with Crippen molar-refractivity contribution in [2.45, 2.75) is 25.4 Å². The smallest absolute Gasteiger partial charge is 0.159 e. The van der Waals surface area contributed by atoms with Crippen molar-refractivity contribution in [3.8, 4) is 0 Å². The van der Waals surface area contributed by atoms with Crippen LogP contribution in [0.3, 0.4) is 0 Å². The van der Waals surface area contributed by atoms with Gasteiger partial charge >= 0.3 is 0 Å². The maximum atomic E-state index is 11.2. The minimum atomic E-state index is -0.434. The van der Waals surface area contributed by atoms with Gasteiger partial charge in [-0.2, -0.15) is 0 Å². The minimum Gasteiger partial charge on any atom is -0.389 e. The van der Waals surface area contributed by atoms with Gasteiger partial charge in [0.25, 0.3) is 0 Å². The third-order valence-corrected chi connectivity index (χ3v) is 2.28. The first-order valence-corrected chi connectivity index (χ1v) is 3.89. The molecule has 2 aliphatic rings.